The minimum absolute atomic E-state index is 0.145. The fourth-order valence-electron chi connectivity index (χ4n) is 3.08. The molecule has 1 aromatic heterocycles. The average molecular weight is 291 g/mol. The van der Waals surface area contributed by atoms with Gasteiger partial charge in [0.1, 0.15) is 5.54 Å². The molecule has 1 aliphatic heterocycles. The van der Waals surface area contributed by atoms with Crippen LogP contribution in [-0.2, 0) is 11.8 Å². The molecule has 0 bridgehead atoms. The third-order valence-electron chi connectivity index (χ3n) is 4.87. The third-order valence-corrected chi connectivity index (χ3v) is 4.87. The number of anilines is 1. The summed E-state index contributed by atoms with van der Waals surface area (Å²) in [7, 11) is 1.74. The van der Waals surface area contributed by atoms with Gasteiger partial charge in [-0.25, -0.2) is 9.69 Å². The number of rotatable bonds is 1. The van der Waals surface area contributed by atoms with E-state index >= 15 is 0 Å². The zero-order valence-corrected chi connectivity index (χ0v) is 13.1. The number of hydrogen-bond donors (Lipinski definition) is 1. The standard InChI is InChI=1S/C14H21N5O2/c1-8-10(16-17-18(8)5)19-11(20)14(15-12(19)21)6-9(7-14)13(2,3)4/h9H,6-7H2,1-5H3,(H,15,21). The largest absolute Gasteiger partial charge is 0.331 e. The van der Waals surface area contributed by atoms with Gasteiger partial charge in [-0.1, -0.05) is 26.0 Å². The molecular formula is C14H21N5O2. The lowest BCUT2D eigenvalue weighted by Gasteiger charge is -2.48. The minimum Gasteiger partial charge on any atom is -0.323 e. The van der Waals surface area contributed by atoms with E-state index in [9.17, 15) is 9.59 Å². The molecule has 21 heavy (non-hydrogen) atoms. The molecule has 7 heteroatoms. The molecule has 3 amide bonds. The number of nitrogens with one attached hydrogen (secondary N) is 1. The highest BCUT2D eigenvalue weighted by Gasteiger charge is 2.61. The van der Waals surface area contributed by atoms with Crippen LogP contribution in [0.25, 0.3) is 0 Å². The normalized spacial score (nSPS) is 29.0. The van der Waals surface area contributed by atoms with Crippen LogP contribution in [0, 0.1) is 18.3 Å². The van der Waals surface area contributed by atoms with Gasteiger partial charge in [0.15, 0.2) is 5.82 Å². The van der Waals surface area contributed by atoms with Crippen LogP contribution in [-0.4, -0.2) is 32.5 Å². The fourth-order valence-corrected chi connectivity index (χ4v) is 3.08. The van der Waals surface area contributed by atoms with Gasteiger partial charge < -0.3 is 5.32 Å². The highest BCUT2D eigenvalue weighted by Crippen LogP contribution is 2.50. The molecule has 1 aromatic rings. The molecule has 114 valence electrons. The van der Waals surface area contributed by atoms with Gasteiger partial charge in [-0.05, 0) is 31.1 Å². The zero-order valence-electron chi connectivity index (χ0n) is 13.1. The molecule has 0 atom stereocenters. The molecule has 1 N–H and O–H groups in total. The van der Waals surface area contributed by atoms with Gasteiger partial charge in [0.05, 0.1) is 5.69 Å². The van der Waals surface area contributed by atoms with Crippen LogP contribution in [0.15, 0.2) is 0 Å². The Labute approximate surface area is 123 Å². The summed E-state index contributed by atoms with van der Waals surface area (Å²) in [6, 6.07) is -0.393. The second-order valence-corrected chi connectivity index (χ2v) is 7.25. The lowest BCUT2D eigenvalue weighted by Crippen LogP contribution is -2.59. The van der Waals surface area contributed by atoms with E-state index in [1.54, 1.807) is 18.7 Å². The van der Waals surface area contributed by atoms with E-state index in [1.165, 1.54) is 0 Å². The maximum Gasteiger partial charge on any atom is 0.331 e. The van der Waals surface area contributed by atoms with Crippen molar-refractivity contribution in [1.29, 1.82) is 0 Å². The first-order chi connectivity index (χ1) is 9.66. The van der Waals surface area contributed by atoms with Crippen LogP contribution in [0.3, 0.4) is 0 Å². The molecular weight excluding hydrogens is 270 g/mol. The molecule has 3 rings (SSSR count). The summed E-state index contributed by atoms with van der Waals surface area (Å²) in [4.78, 5) is 26.1. The van der Waals surface area contributed by atoms with Gasteiger partial charge in [-0.2, -0.15) is 0 Å². The fraction of sp³-hybridized carbons (Fsp3) is 0.714. The van der Waals surface area contributed by atoms with Crippen LogP contribution in [0.2, 0.25) is 0 Å². The van der Waals surface area contributed by atoms with Crippen molar-refractivity contribution in [3.63, 3.8) is 0 Å². The molecule has 0 aromatic carbocycles. The molecule has 2 fully saturated rings. The van der Waals surface area contributed by atoms with E-state index in [0.29, 0.717) is 30.3 Å². The quantitative estimate of drug-likeness (QED) is 0.793. The van der Waals surface area contributed by atoms with Crippen molar-refractivity contribution >= 4 is 17.8 Å². The summed E-state index contributed by atoms with van der Waals surface area (Å²) in [5.41, 5.74) is 0.104. The monoisotopic (exact) mass is 291 g/mol. The molecule has 1 saturated heterocycles. The summed E-state index contributed by atoms with van der Waals surface area (Å²) in [5, 5.41) is 10.7. The molecule has 0 unspecified atom stereocenters. The predicted molar refractivity (Wildman–Crippen MR) is 76.7 cm³/mol. The summed E-state index contributed by atoms with van der Waals surface area (Å²) in [6.07, 6.45) is 1.38. The van der Waals surface area contributed by atoms with Crippen LogP contribution in [0.1, 0.15) is 39.3 Å². The third kappa shape index (κ3) is 1.86. The maximum atomic E-state index is 12.7. The highest BCUT2D eigenvalue weighted by molar-refractivity contribution is 6.23. The first-order valence-electron chi connectivity index (χ1n) is 7.19. The van der Waals surface area contributed by atoms with Crippen LogP contribution < -0.4 is 10.2 Å². The SMILES string of the molecule is Cc1c(N2C(=O)NC3(CC(C(C)(C)C)C3)C2=O)nnn1C. The number of hydrogen-bond acceptors (Lipinski definition) is 4. The second-order valence-electron chi connectivity index (χ2n) is 7.25. The number of urea groups is 1. The number of aryl methyl sites for hydroxylation is 1. The lowest BCUT2D eigenvalue weighted by molar-refractivity contribution is -0.128. The Morgan fingerprint density at radius 2 is 1.90 bits per heavy atom. The Balaban J connectivity index is 1.86. The van der Waals surface area contributed by atoms with Gasteiger partial charge in [-0.3, -0.25) is 9.48 Å². The van der Waals surface area contributed by atoms with Crippen molar-refractivity contribution in [3.8, 4) is 0 Å². The minimum atomic E-state index is -0.737. The van der Waals surface area contributed by atoms with Gasteiger partial charge in [0.25, 0.3) is 5.91 Å². The summed E-state index contributed by atoms with van der Waals surface area (Å²) in [6.45, 7) is 8.28. The van der Waals surface area contributed by atoms with Gasteiger partial charge in [-0.15, -0.1) is 5.10 Å². The Morgan fingerprint density at radius 1 is 1.29 bits per heavy atom. The molecule has 1 spiro atoms. The Bertz CT molecular complexity index is 622. The highest BCUT2D eigenvalue weighted by atomic mass is 16.2. The number of nitrogens with zero attached hydrogens (tertiary/aromatic N) is 4. The van der Waals surface area contributed by atoms with Crippen molar-refractivity contribution in [2.24, 2.45) is 18.4 Å². The van der Waals surface area contributed by atoms with Crippen LogP contribution in [0.4, 0.5) is 10.6 Å². The first-order valence-corrected chi connectivity index (χ1v) is 7.19. The van der Waals surface area contributed by atoms with Gasteiger partial charge in [0.2, 0.25) is 0 Å². The topological polar surface area (TPSA) is 80.1 Å². The zero-order chi connectivity index (χ0) is 15.6. The van der Waals surface area contributed by atoms with Crippen molar-refractivity contribution < 1.29 is 9.59 Å². The van der Waals surface area contributed by atoms with E-state index < -0.39 is 11.6 Å². The molecule has 0 radical (unpaired) electrons. The molecule has 2 heterocycles. The van der Waals surface area contributed by atoms with Gasteiger partial charge >= 0.3 is 6.03 Å². The second kappa shape index (κ2) is 4.05. The smallest absolute Gasteiger partial charge is 0.323 e. The van der Waals surface area contributed by atoms with E-state index in [1.807, 2.05) is 0 Å². The number of aromatic nitrogens is 3. The van der Waals surface area contributed by atoms with Crippen molar-refractivity contribution in [1.82, 2.24) is 20.3 Å². The predicted octanol–water partition coefficient (Wildman–Crippen LogP) is 1.37. The summed E-state index contributed by atoms with van der Waals surface area (Å²) in [5.74, 6) is 0.567. The number of carbonyl (C=O) groups excluding carboxylic acids is 2. The van der Waals surface area contributed by atoms with Gasteiger partial charge in [0, 0.05) is 7.05 Å². The van der Waals surface area contributed by atoms with E-state index in [2.05, 4.69) is 36.4 Å². The average Bonchev–Trinajstić information content (AvgIpc) is 2.76. The number of carbonyl (C=O) groups is 2. The molecule has 1 aliphatic carbocycles. The summed E-state index contributed by atoms with van der Waals surface area (Å²) < 4.78 is 1.56. The van der Waals surface area contributed by atoms with Crippen LogP contribution >= 0.6 is 0 Å². The van der Waals surface area contributed by atoms with Crippen molar-refractivity contribution in [2.75, 3.05) is 4.90 Å². The van der Waals surface area contributed by atoms with E-state index in [0.717, 1.165) is 4.90 Å². The Morgan fingerprint density at radius 3 is 2.38 bits per heavy atom. The number of amides is 3. The first kappa shape index (κ1) is 14.0. The lowest BCUT2D eigenvalue weighted by atomic mass is 9.59. The molecule has 1 saturated carbocycles. The Hall–Kier alpha value is -1.92. The van der Waals surface area contributed by atoms with E-state index in [-0.39, 0.29) is 11.3 Å². The van der Waals surface area contributed by atoms with Crippen molar-refractivity contribution in [2.45, 2.75) is 46.1 Å². The summed E-state index contributed by atoms with van der Waals surface area (Å²) >= 11 is 0. The van der Waals surface area contributed by atoms with Crippen molar-refractivity contribution in [3.05, 3.63) is 5.69 Å². The maximum absolute atomic E-state index is 12.7. The molecule has 2 aliphatic rings. The Kier molecular flexibility index (Phi) is 2.71. The number of imide groups is 1. The van der Waals surface area contributed by atoms with E-state index in [4.69, 9.17) is 0 Å². The van der Waals surface area contributed by atoms with Crippen LogP contribution in [0.5, 0.6) is 0 Å². The molecule has 7 nitrogen and oxygen atoms in total.